The standard InChI is InChI=1S/C45H84O9/c1-37(2)28-22-16-10-7-13-19-25-31-49-43(46)52-40-34-41(53-44(47)50-32-26-20-14-8-11-17-23-29-38(3)4)36-42(35-40)54-45(48)51-33-27-21-15-9-12-18-24-30-39(5)6/h37-42H,7-36H2,1-6H3. The highest BCUT2D eigenvalue weighted by molar-refractivity contribution is 5.61. The third-order valence-corrected chi connectivity index (χ3v) is 10.3. The Labute approximate surface area is 331 Å². The molecule has 1 saturated carbocycles. The number of rotatable bonds is 33. The van der Waals surface area contributed by atoms with E-state index in [1.807, 2.05) is 0 Å². The normalized spacial score (nSPS) is 17.2. The summed E-state index contributed by atoms with van der Waals surface area (Å²) in [4.78, 5) is 37.7. The van der Waals surface area contributed by atoms with Gasteiger partial charge in [-0.1, -0.05) is 176 Å². The third kappa shape index (κ3) is 32.1. The molecular weight excluding hydrogens is 684 g/mol. The van der Waals surface area contributed by atoms with Crippen molar-refractivity contribution < 1.29 is 42.8 Å². The number of carbonyl (C=O) groups is 3. The summed E-state index contributed by atoms with van der Waals surface area (Å²) in [7, 11) is 0. The summed E-state index contributed by atoms with van der Waals surface area (Å²) in [6.07, 6.45) is 24.5. The second kappa shape index (κ2) is 34.1. The molecule has 0 saturated heterocycles. The Bertz CT molecular complexity index is 785. The van der Waals surface area contributed by atoms with Gasteiger partial charge >= 0.3 is 18.5 Å². The minimum Gasteiger partial charge on any atom is -0.434 e. The van der Waals surface area contributed by atoms with Crippen molar-refractivity contribution in [2.45, 2.75) is 233 Å². The topological polar surface area (TPSA) is 107 Å². The fourth-order valence-corrected chi connectivity index (χ4v) is 7.05. The number of hydrogen-bond donors (Lipinski definition) is 0. The van der Waals surface area contributed by atoms with Gasteiger partial charge in [-0.25, -0.2) is 14.4 Å². The molecular formula is C45H84O9. The van der Waals surface area contributed by atoms with Gasteiger partial charge in [0.25, 0.3) is 0 Å². The van der Waals surface area contributed by atoms with Gasteiger partial charge in [0, 0.05) is 19.3 Å². The molecule has 0 heterocycles. The third-order valence-electron chi connectivity index (χ3n) is 10.3. The van der Waals surface area contributed by atoms with E-state index in [-0.39, 0.29) is 19.3 Å². The Kier molecular flexibility index (Phi) is 31.5. The second-order valence-electron chi connectivity index (χ2n) is 17.2. The van der Waals surface area contributed by atoms with Gasteiger partial charge in [0.15, 0.2) is 0 Å². The van der Waals surface area contributed by atoms with Crippen LogP contribution >= 0.6 is 0 Å². The van der Waals surface area contributed by atoms with Crippen molar-refractivity contribution in [3.8, 4) is 0 Å². The van der Waals surface area contributed by atoms with E-state index in [1.54, 1.807) is 0 Å². The molecule has 0 radical (unpaired) electrons. The number of unbranched alkanes of at least 4 members (excludes halogenated alkanes) is 18. The van der Waals surface area contributed by atoms with Crippen LogP contribution in [0.15, 0.2) is 0 Å². The molecule has 0 aliphatic heterocycles. The lowest BCUT2D eigenvalue weighted by Crippen LogP contribution is -2.40. The molecule has 0 unspecified atom stereocenters. The first-order chi connectivity index (χ1) is 26.0. The molecule has 0 aromatic heterocycles. The van der Waals surface area contributed by atoms with E-state index >= 15 is 0 Å². The number of carbonyl (C=O) groups excluding carboxylic acids is 3. The maximum Gasteiger partial charge on any atom is 0.508 e. The van der Waals surface area contributed by atoms with Gasteiger partial charge in [-0.15, -0.1) is 0 Å². The molecule has 0 bridgehead atoms. The van der Waals surface area contributed by atoms with Crippen LogP contribution < -0.4 is 0 Å². The van der Waals surface area contributed by atoms with Gasteiger partial charge in [0.1, 0.15) is 18.3 Å². The molecule has 1 aliphatic rings. The Hall–Kier alpha value is -2.19. The molecule has 1 fully saturated rings. The lowest BCUT2D eigenvalue weighted by Gasteiger charge is -2.33. The van der Waals surface area contributed by atoms with Crippen LogP contribution in [0.25, 0.3) is 0 Å². The van der Waals surface area contributed by atoms with Crippen molar-refractivity contribution in [1.82, 2.24) is 0 Å². The molecule has 318 valence electrons. The molecule has 1 rings (SSSR count). The quantitative estimate of drug-likeness (QED) is 0.0366. The molecule has 0 spiro atoms. The molecule has 0 atom stereocenters. The fourth-order valence-electron chi connectivity index (χ4n) is 7.05. The van der Waals surface area contributed by atoms with E-state index in [2.05, 4.69) is 41.5 Å². The highest BCUT2D eigenvalue weighted by atomic mass is 16.7. The van der Waals surface area contributed by atoms with Crippen LogP contribution in [0.4, 0.5) is 14.4 Å². The molecule has 0 amide bonds. The van der Waals surface area contributed by atoms with Crippen LogP contribution in [0, 0.1) is 17.8 Å². The average molecular weight is 769 g/mol. The van der Waals surface area contributed by atoms with E-state index in [0.717, 1.165) is 75.5 Å². The summed E-state index contributed by atoms with van der Waals surface area (Å²) < 4.78 is 33.0. The van der Waals surface area contributed by atoms with E-state index in [1.165, 1.54) is 96.3 Å². The van der Waals surface area contributed by atoms with E-state index in [4.69, 9.17) is 28.4 Å². The highest BCUT2D eigenvalue weighted by Gasteiger charge is 2.36. The maximum atomic E-state index is 12.6. The Morgan fingerprint density at radius 3 is 0.778 bits per heavy atom. The Morgan fingerprint density at radius 1 is 0.352 bits per heavy atom. The smallest absolute Gasteiger partial charge is 0.434 e. The van der Waals surface area contributed by atoms with Crippen LogP contribution in [0.3, 0.4) is 0 Å². The molecule has 9 nitrogen and oxygen atoms in total. The fraction of sp³-hybridized carbons (Fsp3) is 0.933. The van der Waals surface area contributed by atoms with Crippen molar-refractivity contribution in [1.29, 1.82) is 0 Å². The van der Waals surface area contributed by atoms with Crippen LogP contribution in [-0.4, -0.2) is 56.6 Å². The van der Waals surface area contributed by atoms with Crippen molar-refractivity contribution in [2.24, 2.45) is 17.8 Å². The van der Waals surface area contributed by atoms with Crippen molar-refractivity contribution >= 4 is 18.5 Å². The van der Waals surface area contributed by atoms with E-state index in [9.17, 15) is 14.4 Å². The predicted molar refractivity (Wildman–Crippen MR) is 218 cm³/mol. The maximum absolute atomic E-state index is 12.6. The lowest BCUT2D eigenvalue weighted by molar-refractivity contribution is -0.0776. The van der Waals surface area contributed by atoms with Gasteiger partial charge in [-0.05, 0) is 37.0 Å². The van der Waals surface area contributed by atoms with Crippen molar-refractivity contribution in [3.05, 3.63) is 0 Å². The summed E-state index contributed by atoms with van der Waals surface area (Å²) in [6, 6.07) is 0. The lowest BCUT2D eigenvalue weighted by atomic mass is 9.92. The van der Waals surface area contributed by atoms with Crippen LogP contribution in [0.5, 0.6) is 0 Å². The minimum atomic E-state index is -0.752. The number of ether oxygens (including phenoxy) is 6. The second-order valence-corrected chi connectivity index (χ2v) is 17.2. The summed E-state index contributed by atoms with van der Waals surface area (Å²) in [5, 5.41) is 0. The molecule has 0 aromatic rings. The predicted octanol–water partition coefficient (Wildman–Crippen LogP) is 14.1. The SMILES string of the molecule is CC(C)CCCCCCCCCOC(=O)OC1CC(OC(=O)OCCCCCCCCCC(C)C)CC(OC(=O)OCCCCCCCCCC(C)C)C1. The number of hydrogen-bond acceptors (Lipinski definition) is 9. The molecule has 9 heteroatoms. The first-order valence-electron chi connectivity index (χ1n) is 22.5. The van der Waals surface area contributed by atoms with E-state index in [0.29, 0.717) is 19.8 Å². The first kappa shape index (κ1) is 49.8. The zero-order valence-electron chi connectivity index (χ0n) is 35.9. The monoisotopic (exact) mass is 769 g/mol. The zero-order valence-corrected chi connectivity index (χ0v) is 35.9. The molecule has 54 heavy (non-hydrogen) atoms. The Balaban J connectivity index is 2.42. The largest absolute Gasteiger partial charge is 0.508 e. The summed E-state index contributed by atoms with van der Waals surface area (Å²) in [5.41, 5.74) is 0. The van der Waals surface area contributed by atoms with Gasteiger partial charge < -0.3 is 28.4 Å². The van der Waals surface area contributed by atoms with Crippen molar-refractivity contribution in [2.75, 3.05) is 19.8 Å². The summed E-state index contributed by atoms with van der Waals surface area (Å²) >= 11 is 0. The van der Waals surface area contributed by atoms with Gasteiger partial charge in [-0.2, -0.15) is 0 Å². The molecule has 0 N–H and O–H groups in total. The zero-order chi connectivity index (χ0) is 39.7. The Morgan fingerprint density at radius 2 is 0.556 bits per heavy atom. The first-order valence-corrected chi connectivity index (χ1v) is 22.5. The minimum absolute atomic E-state index is 0.282. The van der Waals surface area contributed by atoms with Crippen LogP contribution in [0.2, 0.25) is 0 Å². The highest BCUT2D eigenvalue weighted by Crippen LogP contribution is 2.28. The van der Waals surface area contributed by atoms with Gasteiger partial charge in [0.05, 0.1) is 19.8 Å². The molecule has 1 aliphatic carbocycles. The van der Waals surface area contributed by atoms with Gasteiger partial charge in [-0.3, -0.25) is 0 Å². The van der Waals surface area contributed by atoms with E-state index < -0.39 is 36.8 Å². The molecule has 0 aromatic carbocycles. The summed E-state index contributed by atoms with van der Waals surface area (Å²) in [5.74, 6) is 2.31. The average Bonchev–Trinajstić information content (AvgIpc) is 3.10. The van der Waals surface area contributed by atoms with Gasteiger partial charge in [0.2, 0.25) is 0 Å². The van der Waals surface area contributed by atoms with Crippen LogP contribution in [0.1, 0.15) is 215 Å². The van der Waals surface area contributed by atoms with Crippen LogP contribution in [-0.2, 0) is 28.4 Å². The van der Waals surface area contributed by atoms with Crippen molar-refractivity contribution in [3.63, 3.8) is 0 Å². The summed E-state index contributed by atoms with van der Waals surface area (Å²) in [6.45, 7) is 14.5.